The van der Waals surface area contributed by atoms with Crippen molar-refractivity contribution in [1.29, 1.82) is 0 Å². The second-order valence-electron chi connectivity index (χ2n) is 6.29. The highest BCUT2D eigenvalue weighted by Gasteiger charge is 2.31. The van der Waals surface area contributed by atoms with E-state index in [0.29, 0.717) is 30.2 Å². The first kappa shape index (κ1) is 20.3. The molecule has 3 rings (SSSR count). The molecule has 0 aliphatic carbocycles. The van der Waals surface area contributed by atoms with Crippen LogP contribution < -0.4 is 14.4 Å². The van der Waals surface area contributed by atoms with Crippen LogP contribution in [0.2, 0.25) is 0 Å². The number of hydrogen-bond acceptors (Lipinski definition) is 3. The summed E-state index contributed by atoms with van der Waals surface area (Å²) in [6, 6.07) is 11.8. The lowest BCUT2D eigenvalue weighted by atomic mass is 10.0. The van der Waals surface area contributed by atoms with Crippen LogP contribution in [0.1, 0.15) is 31.4 Å². The predicted octanol–water partition coefficient (Wildman–Crippen LogP) is 5.00. The Balaban J connectivity index is 2.06. The molecule has 0 bridgehead atoms. The monoisotopic (exact) mass is 487 g/mol. The number of nitrogens with zero attached hydrogens (tertiary/aromatic N) is 1. The third kappa shape index (κ3) is 4.02. The van der Waals surface area contributed by atoms with Gasteiger partial charge in [-0.2, -0.15) is 0 Å². The number of carbonyl (C=O) groups is 1. The number of ether oxygens (including phenoxy) is 2. The van der Waals surface area contributed by atoms with E-state index in [9.17, 15) is 4.79 Å². The molecule has 2 aromatic carbocycles. The van der Waals surface area contributed by atoms with Crippen molar-refractivity contribution < 1.29 is 14.3 Å². The summed E-state index contributed by atoms with van der Waals surface area (Å²) >= 11 is 2.20. The zero-order valence-electron chi connectivity index (χ0n) is 16.0. The molecule has 28 heavy (non-hydrogen) atoms. The number of amides is 1. The van der Waals surface area contributed by atoms with Crippen LogP contribution in [0.15, 0.2) is 36.4 Å². The maximum atomic E-state index is 13.0. The molecule has 4 nitrogen and oxygen atoms in total. The third-order valence-electron chi connectivity index (χ3n) is 4.35. The molecular weight excluding hydrogens is 465 g/mol. The van der Waals surface area contributed by atoms with Crippen molar-refractivity contribution in [3.05, 3.63) is 51.1 Å². The Hall–Kier alpha value is -2.46. The fraction of sp³-hybridized carbons (Fsp3) is 0.261. The van der Waals surface area contributed by atoms with Gasteiger partial charge in [0.05, 0.1) is 15.9 Å². The van der Waals surface area contributed by atoms with Gasteiger partial charge in [-0.15, -0.1) is 6.42 Å². The van der Waals surface area contributed by atoms with Gasteiger partial charge >= 0.3 is 0 Å². The number of halogens is 1. The van der Waals surface area contributed by atoms with Crippen LogP contribution in [-0.4, -0.2) is 25.7 Å². The largest absolute Gasteiger partial charge is 0.490 e. The molecule has 5 heteroatoms. The van der Waals surface area contributed by atoms with Crippen molar-refractivity contribution in [2.45, 2.75) is 20.3 Å². The molecule has 0 N–H and O–H groups in total. The van der Waals surface area contributed by atoms with Crippen molar-refractivity contribution in [3.63, 3.8) is 0 Å². The van der Waals surface area contributed by atoms with Gasteiger partial charge in [0.2, 0.25) is 0 Å². The summed E-state index contributed by atoms with van der Waals surface area (Å²) in [5.41, 5.74) is 3.51. The van der Waals surface area contributed by atoms with E-state index in [2.05, 4.69) is 35.4 Å². The van der Waals surface area contributed by atoms with Crippen LogP contribution in [-0.2, 0) is 4.79 Å². The third-order valence-corrected chi connectivity index (χ3v) is 5.15. The Morgan fingerprint density at radius 2 is 2.00 bits per heavy atom. The minimum absolute atomic E-state index is 0.0312. The molecule has 0 unspecified atom stereocenters. The van der Waals surface area contributed by atoms with E-state index in [0.717, 1.165) is 26.8 Å². The van der Waals surface area contributed by atoms with Gasteiger partial charge in [-0.05, 0) is 65.8 Å². The zero-order chi connectivity index (χ0) is 20.1. The van der Waals surface area contributed by atoms with Gasteiger partial charge in [-0.3, -0.25) is 4.79 Å². The number of hydrogen-bond donors (Lipinski definition) is 0. The Kier molecular flexibility index (Phi) is 6.63. The first-order valence-corrected chi connectivity index (χ1v) is 10.3. The van der Waals surface area contributed by atoms with Crippen LogP contribution in [0.4, 0.5) is 5.69 Å². The van der Waals surface area contributed by atoms with Gasteiger partial charge < -0.3 is 14.4 Å². The molecule has 1 aliphatic rings. The van der Waals surface area contributed by atoms with Gasteiger partial charge in [0.25, 0.3) is 5.91 Å². The Morgan fingerprint density at radius 1 is 1.21 bits per heavy atom. The van der Waals surface area contributed by atoms with E-state index in [4.69, 9.17) is 15.9 Å². The van der Waals surface area contributed by atoms with E-state index >= 15 is 0 Å². The molecule has 0 saturated heterocycles. The Labute approximate surface area is 179 Å². The van der Waals surface area contributed by atoms with Gasteiger partial charge in [0.1, 0.15) is 6.61 Å². The second-order valence-corrected chi connectivity index (χ2v) is 7.45. The topological polar surface area (TPSA) is 38.8 Å². The summed E-state index contributed by atoms with van der Waals surface area (Å²) in [5, 5.41) is 0. The summed E-state index contributed by atoms with van der Waals surface area (Å²) in [4.78, 5) is 14.9. The van der Waals surface area contributed by atoms with Crippen molar-refractivity contribution in [1.82, 2.24) is 0 Å². The average Bonchev–Trinajstić information content (AvgIpc) is 2.94. The number of benzene rings is 2. The highest BCUT2D eigenvalue weighted by Crippen LogP contribution is 2.40. The quantitative estimate of drug-likeness (QED) is 0.314. The zero-order valence-corrected chi connectivity index (χ0v) is 18.2. The molecule has 1 aliphatic heterocycles. The van der Waals surface area contributed by atoms with Gasteiger partial charge in [-0.1, -0.05) is 31.0 Å². The summed E-state index contributed by atoms with van der Waals surface area (Å²) in [6.45, 7) is 5.38. The molecule has 2 aromatic rings. The number of anilines is 1. The Bertz CT molecular complexity index is 959. The number of rotatable bonds is 7. The Morgan fingerprint density at radius 3 is 2.71 bits per heavy atom. The molecule has 0 fully saturated rings. The average molecular weight is 487 g/mol. The van der Waals surface area contributed by atoms with Gasteiger partial charge in [0.15, 0.2) is 11.5 Å². The van der Waals surface area contributed by atoms with Crippen molar-refractivity contribution in [2.75, 3.05) is 24.7 Å². The van der Waals surface area contributed by atoms with E-state index in [1.807, 2.05) is 54.3 Å². The van der Waals surface area contributed by atoms with Crippen LogP contribution in [0.5, 0.6) is 11.5 Å². The molecule has 0 atom stereocenters. The molecule has 1 amide bonds. The maximum Gasteiger partial charge on any atom is 0.258 e. The van der Waals surface area contributed by atoms with E-state index in [1.165, 1.54) is 0 Å². The van der Waals surface area contributed by atoms with Crippen LogP contribution in [0.3, 0.4) is 0 Å². The number of terminal acetylenes is 1. The maximum absolute atomic E-state index is 13.0. The SMILES string of the molecule is C#CCOc1c(I)cc(/C=C2\C(=O)N(CCC)c3ccccc32)cc1OCC. The van der Waals surface area contributed by atoms with Gasteiger partial charge in [-0.25, -0.2) is 0 Å². The normalized spacial score (nSPS) is 14.1. The summed E-state index contributed by atoms with van der Waals surface area (Å²) in [6.07, 6.45) is 8.14. The molecule has 0 saturated carbocycles. The summed E-state index contributed by atoms with van der Waals surface area (Å²) < 4.78 is 12.3. The molecular formula is C23H22INO3. The molecule has 0 aromatic heterocycles. The summed E-state index contributed by atoms with van der Waals surface area (Å²) in [5.74, 6) is 3.77. The first-order chi connectivity index (χ1) is 13.6. The van der Waals surface area contributed by atoms with Crippen LogP contribution in [0.25, 0.3) is 11.6 Å². The van der Waals surface area contributed by atoms with E-state index in [-0.39, 0.29) is 12.5 Å². The number of carbonyl (C=O) groups excluding carboxylic acids is 1. The van der Waals surface area contributed by atoms with Crippen LogP contribution >= 0.6 is 22.6 Å². The fourth-order valence-corrected chi connectivity index (χ4v) is 4.03. The fourth-order valence-electron chi connectivity index (χ4n) is 3.25. The minimum atomic E-state index is 0.0312. The predicted molar refractivity (Wildman–Crippen MR) is 122 cm³/mol. The van der Waals surface area contributed by atoms with E-state index in [1.54, 1.807) is 0 Å². The lowest BCUT2D eigenvalue weighted by Crippen LogP contribution is -2.26. The number of para-hydroxylation sites is 1. The molecule has 0 spiro atoms. The van der Waals surface area contributed by atoms with E-state index < -0.39 is 0 Å². The minimum Gasteiger partial charge on any atom is -0.490 e. The van der Waals surface area contributed by atoms with Gasteiger partial charge in [0, 0.05) is 17.7 Å². The molecule has 0 radical (unpaired) electrons. The highest BCUT2D eigenvalue weighted by molar-refractivity contribution is 14.1. The highest BCUT2D eigenvalue weighted by atomic mass is 127. The van der Waals surface area contributed by atoms with Crippen molar-refractivity contribution in [3.8, 4) is 23.8 Å². The standard InChI is InChI=1S/C23H22INO3/c1-4-11-25-20-10-8-7-9-17(20)18(23(25)26)13-16-14-19(24)22(28-12-5-2)21(15-16)27-6-3/h2,7-10,13-15H,4,6,11-12H2,1,3H3/b18-13-. The second kappa shape index (κ2) is 9.16. The van der Waals surface area contributed by atoms with Crippen molar-refractivity contribution in [2.24, 2.45) is 0 Å². The lowest BCUT2D eigenvalue weighted by Gasteiger charge is -2.15. The molecule has 144 valence electrons. The molecule has 1 heterocycles. The lowest BCUT2D eigenvalue weighted by molar-refractivity contribution is -0.113. The van der Waals surface area contributed by atoms with Crippen LogP contribution in [0, 0.1) is 15.9 Å². The first-order valence-electron chi connectivity index (χ1n) is 9.26. The summed E-state index contributed by atoms with van der Waals surface area (Å²) in [7, 11) is 0. The van der Waals surface area contributed by atoms with Crippen molar-refractivity contribution >= 4 is 45.8 Å². The smallest absolute Gasteiger partial charge is 0.258 e. The number of fused-ring (bicyclic) bond motifs is 1.